The number of methoxy groups -OCH3 is 4. The third-order valence-electron chi connectivity index (χ3n) is 5.29. The average molecular weight is 535 g/mol. The molecule has 3 aromatic rings. The topological polar surface area (TPSA) is 112 Å². The summed E-state index contributed by atoms with van der Waals surface area (Å²) in [6.45, 7) is 0. The molecule has 0 bridgehead atoms. The number of rotatable bonds is 11. The molecule has 1 atom stereocenters. The molecule has 0 aliphatic rings. The number of carbonyl (C=O) groups is 1. The fourth-order valence-corrected chi connectivity index (χ4v) is 4.90. The smallest absolute Gasteiger partial charge is 0.243 e. The van der Waals surface area contributed by atoms with Gasteiger partial charge in [0.25, 0.3) is 0 Å². The highest BCUT2D eigenvalue weighted by molar-refractivity contribution is 7.89. The van der Waals surface area contributed by atoms with Gasteiger partial charge in [0, 0.05) is 18.2 Å². The third-order valence-corrected chi connectivity index (χ3v) is 7.06. The van der Waals surface area contributed by atoms with Gasteiger partial charge in [-0.05, 0) is 24.1 Å². The van der Waals surface area contributed by atoms with Gasteiger partial charge in [-0.1, -0.05) is 41.9 Å². The summed E-state index contributed by atoms with van der Waals surface area (Å²) < 4.78 is 50.0. The van der Waals surface area contributed by atoms with Crippen LogP contribution in [0, 0.1) is 0 Å². The number of ether oxygens (including phenoxy) is 4. The molecule has 0 heterocycles. The zero-order valence-corrected chi connectivity index (χ0v) is 21.8. The second-order valence-electron chi connectivity index (χ2n) is 7.56. The van der Waals surface area contributed by atoms with E-state index < -0.39 is 22.0 Å². The van der Waals surface area contributed by atoms with E-state index in [0.29, 0.717) is 16.5 Å². The van der Waals surface area contributed by atoms with Crippen LogP contribution < -0.4 is 29.0 Å². The highest BCUT2D eigenvalue weighted by Crippen LogP contribution is 2.36. The van der Waals surface area contributed by atoms with Crippen molar-refractivity contribution in [3.8, 4) is 23.0 Å². The first-order valence-corrected chi connectivity index (χ1v) is 12.6. The molecule has 2 N–H and O–H groups in total. The van der Waals surface area contributed by atoms with E-state index in [1.165, 1.54) is 58.8 Å². The Morgan fingerprint density at radius 1 is 0.833 bits per heavy atom. The van der Waals surface area contributed by atoms with Crippen molar-refractivity contribution >= 4 is 33.2 Å². The van der Waals surface area contributed by atoms with Gasteiger partial charge in [0.15, 0.2) is 11.5 Å². The van der Waals surface area contributed by atoms with Gasteiger partial charge >= 0.3 is 0 Å². The summed E-state index contributed by atoms with van der Waals surface area (Å²) in [5, 5.41) is 3.02. The molecular weight excluding hydrogens is 508 g/mol. The Balaban J connectivity index is 1.95. The number of hydrogen-bond donors (Lipinski definition) is 2. The van der Waals surface area contributed by atoms with E-state index in [0.717, 1.165) is 5.56 Å². The molecule has 0 aromatic heterocycles. The molecule has 0 saturated carbocycles. The van der Waals surface area contributed by atoms with Gasteiger partial charge in [-0.3, -0.25) is 4.79 Å². The van der Waals surface area contributed by atoms with Crippen LogP contribution in [-0.2, 0) is 21.2 Å². The van der Waals surface area contributed by atoms with Crippen LogP contribution in [0.5, 0.6) is 23.0 Å². The lowest BCUT2D eigenvalue weighted by molar-refractivity contribution is -0.117. The zero-order chi connectivity index (χ0) is 26.3. The van der Waals surface area contributed by atoms with Gasteiger partial charge in [0.05, 0.1) is 44.0 Å². The van der Waals surface area contributed by atoms with Crippen molar-refractivity contribution in [3.05, 3.63) is 71.2 Å². The summed E-state index contributed by atoms with van der Waals surface area (Å²) in [6, 6.07) is 15.0. The van der Waals surface area contributed by atoms with Crippen LogP contribution in [0.2, 0.25) is 5.02 Å². The number of anilines is 1. The summed E-state index contributed by atoms with van der Waals surface area (Å²) >= 11 is 6.16. The van der Waals surface area contributed by atoms with E-state index in [9.17, 15) is 13.2 Å². The molecule has 0 radical (unpaired) electrons. The predicted octanol–water partition coefficient (Wildman–Crippen LogP) is 3.90. The molecule has 0 aliphatic carbocycles. The molecule has 0 spiro atoms. The Morgan fingerprint density at radius 2 is 1.47 bits per heavy atom. The Hall–Kier alpha value is -3.47. The van der Waals surface area contributed by atoms with Crippen LogP contribution in [0.3, 0.4) is 0 Å². The molecule has 0 saturated heterocycles. The molecule has 3 rings (SSSR count). The maximum absolute atomic E-state index is 13.4. The Labute approximate surface area is 215 Å². The minimum atomic E-state index is -4.13. The Morgan fingerprint density at radius 3 is 2.08 bits per heavy atom. The second kappa shape index (κ2) is 12.0. The number of nitrogens with one attached hydrogen (secondary N) is 2. The fourth-order valence-electron chi connectivity index (χ4n) is 3.45. The van der Waals surface area contributed by atoms with Gasteiger partial charge in [-0.25, -0.2) is 8.42 Å². The predicted molar refractivity (Wildman–Crippen MR) is 137 cm³/mol. The number of amides is 1. The number of hydrogen-bond acceptors (Lipinski definition) is 7. The van der Waals surface area contributed by atoms with E-state index in [1.807, 2.05) is 6.07 Å². The normalized spacial score (nSPS) is 11.9. The first-order valence-electron chi connectivity index (χ1n) is 10.7. The van der Waals surface area contributed by atoms with Crippen LogP contribution in [-0.4, -0.2) is 48.8 Å². The minimum Gasteiger partial charge on any atom is -0.495 e. The minimum absolute atomic E-state index is 0.0863. The molecule has 3 aromatic carbocycles. The summed E-state index contributed by atoms with van der Waals surface area (Å²) in [4.78, 5) is 13.3. The van der Waals surface area contributed by atoms with Gasteiger partial charge in [0.2, 0.25) is 15.9 Å². The van der Waals surface area contributed by atoms with Crippen molar-refractivity contribution in [2.75, 3.05) is 33.8 Å². The lowest BCUT2D eigenvalue weighted by Gasteiger charge is -2.20. The van der Waals surface area contributed by atoms with Gasteiger partial charge in [-0.15, -0.1) is 0 Å². The van der Waals surface area contributed by atoms with Gasteiger partial charge in [-0.2, -0.15) is 4.72 Å². The summed E-state index contributed by atoms with van der Waals surface area (Å²) in [5.41, 5.74) is 1.03. The number of carbonyl (C=O) groups excluding carboxylic acids is 1. The van der Waals surface area contributed by atoms with Crippen molar-refractivity contribution in [2.45, 2.75) is 17.4 Å². The summed E-state index contributed by atoms with van der Waals surface area (Å²) in [6.07, 6.45) is 0.0895. The lowest BCUT2D eigenvalue weighted by Crippen LogP contribution is -2.45. The number of sulfonamides is 1. The summed E-state index contributed by atoms with van der Waals surface area (Å²) in [5.74, 6) is 0.612. The highest BCUT2D eigenvalue weighted by Gasteiger charge is 2.28. The highest BCUT2D eigenvalue weighted by atomic mass is 35.5. The molecule has 0 aliphatic heterocycles. The largest absolute Gasteiger partial charge is 0.495 e. The zero-order valence-electron chi connectivity index (χ0n) is 20.2. The van der Waals surface area contributed by atoms with Crippen molar-refractivity contribution < 1.29 is 32.2 Å². The standard InChI is InChI=1S/C25H27ClN2O7S/c1-32-21-11-10-17(13-24(21)35-4)36(30,31)28-20(12-16-8-6-5-7-9-16)25(29)27-19-15-22(33-2)18(26)14-23(19)34-3/h5-11,13-15,20,28H,12H2,1-4H3,(H,27,29)/t20-/m1/s1. The molecule has 192 valence electrons. The van der Waals surface area contributed by atoms with Gasteiger partial charge in [0.1, 0.15) is 17.5 Å². The third kappa shape index (κ3) is 6.39. The summed E-state index contributed by atoms with van der Waals surface area (Å²) in [7, 11) is 1.58. The molecule has 1 amide bonds. The first kappa shape index (κ1) is 27.1. The van der Waals surface area contributed by atoms with Crippen molar-refractivity contribution in [2.24, 2.45) is 0 Å². The van der Waals surface area contributed by atoms with Gasteiger partial charge < -0.3 is 24.3 Å². The van der Waals surface area contributed by atoms with E-state index in [1.54, 1.807) is 24.3 Å². The quantitative estimate of drug-likeness (QED) is 0.383. The van der Waals surface area contributed by atoms with Crippen LogP contribution in [0.1, 0.15) is 5.56 Å². The van der Waals surface area contributed by atoms with Crippen molar-refractivity contribution in [1.29, 1.82) is 0 Å². The molecule has 36 heavy (non-hydrogen) atoms. The number of benzene rings is 3. The maximum Gasteiger partial charge on any atom is 0.243 e. The maximum atomic E-state index is 13.4. The van der Waals surface area contributed by atoms with E-state index >= 15 is 0 Å². The monoisotopic (exact) mass is 534 g/mol. The second-order valence-corrected chi connectivity index (χ2v) is 9.68. The van der Waals surface area contributed by atoms with E-state index in [4.69, 9.17) is 30.5 Å². The van der Waals surface area contributed by atoms with Crippen LogP contribution in [0.15, 0.2) is 65.6 Å². The van der Waals surface area contributed by atoms with Crippen LogP contribution >= 0.6 is 11.6 Å². The lowest BCUT2D eigenvalue weighted by atomic mass is 10.1. The average Bonchev–Trinajstić information content (AvgIpc) is 2.88. The molecule has 0 unspecified atom stereocenters. The first-order chi connectivity index (χ1) is 17.2. The van der Waals surface area contributed by atoms with Crippen LogP contribution in [0.25, 0.3) is 0 Å². The number of halogens is 1. The van der Waals surface area contributed by atoms with E-state index in [2.05, 4.69) is 10.0 Å². The van der Waals surface area contributed by atoms with Crippen molar-refractivity contribution in [3.63, 3.8) is 0 Å². The molecule has 9 nitrogen and oxygen atoms in total. The molecular formula is C25H27ClN2O7S. The molecule has 0 fully saturated rings. The Bertz CT molecular complexity index is 1320. The SMILES string of the molecule is COc1cc(NC(=O)[C@@H](Cc2ccccc2)NS(=O)(=O)c2ccc(OC)c(OC)c2)c(OC)cc1Cl. The van der Waals surface area contributed by atoms with E-state index in [-0.39, 0.29) is 28.5 Å². The van der Waals surface area contributed by atoms with Crippen LogP contribution in [0.4, 0.5) is 5.69 Å². The molecule has 11 heteroatoms. The Kier molecular flexibility index (Phi) is 9.03. The van der Waals surface area contributed by atoms with Crippen molar-refractivity contribution in [1.82, 2.24) is 4.72 Å². The fraction of sp³-hybridized carbons (Fsp3) is 0.240.